The molecule has 3 amide bonds. The summed E-state index contributed by atoms with van der Waals surface area (Å²) >= 11 is 0. The quantitative estimate of drug-likeness (QED) is 0.813. The number of carboxylic acid groups (broad SMARTS) is 1. The number of amides is 3. The SMILES string of the molecule is Cc1cccc(NC(=O)N2CCN(C(=O)Cn3cc(C(=O)O)nn3)CC2)c1. The zero-order valence-electron chi connectivity index (χ0n) is 14.8. The highest BCUT2D eigenvalue weighted by molar-refractivity contribution is 5.89. The molecule has 1 aromatic heterocycles. The van der Waals surface area contributed by atoms with Gasteiger partial charge in [0.05, 0.1) is 6.20 Å². The Labute approximate surface area is 155 Å². The highest BCUT2D eigenvalue weighted by Gasteiger charge is 2.24. The fraction of sp³-hybridized carbons (Fsp3) is 0.353. The van der Waals surface area contributed by atoms with Crippen molar-refractivity contribution in [3.05, 3.63) is 41.7 Å². The second-order valence-corrected chi connectivity index (χ2v) is 6.27. The molecule has 0 radical (unpaired) electrons. The topological polar surface area (TPSA) is 121 Å². The van der Waals surface area contributed by atoms with Gasteiger partial charge in [0.15, 0.2) is 5.69 Å². The molecule has 0 saturated carbocycles. The van der Waals surface area contributed by atoms with Gasteiger partial charge < -0.3 is 20.2 Å². The Morgan fingerprint density at radius 2 is 1.85 bits per heavy atom. The molecular formula is C17H20N6O4. The Morgan fingerprint density at radius 3 is 2.48 bits per heavy atom. The highest BCUT2D eigenvalue weighted by atomic mass is 16.4. The van der Waals surface area contributed by atoms with Crippen molar-refractivity contribution in [3.63, 3.8) is 0 Å². The van der Waals surface area contributed by atoms with Crippen LogP contribution in [0.2, 0.25) is 0 Å². The minimum absolute atomic E-state index is 0.0875. The van der Waals surface area contributed by atoms with Crippen LogP contribution in [-0.2, 0) is 11.3 Å². The van der Waals surface area contributed by atoms with Crippen molar-refractivity contribution in [2.24, 2.45) is 0 Å². The van der Waals surface area contributed by atoms with E-state index in [9.17, 15) is 14.4 Å². The second-order valence-electron chi connectivity index (χ2n) is 6.27. The summed E-state index contributed by atoms with van der Waals surface area (Å²) in [5, 5.41) is 18.8. The van der Waals surface area contributed by atoms with Crippen molar-refractivity contribution >= 4 is 23.6 Å². The number of carbonyl (C=O) groups excluding carboxylic acids is 2. The van der Waals surface area contributed by atoms with Crippen LogP contribution in [-0.4, -0.2) is 74.0 Å². The summed E-state index contributed by atoms with van der Waals surface area (Å²) in [5.41, 5.74) is 1.58. The second kappa shape index (κ2) is 7.85. The fourth-order valence-corrected chi connectivity index (χ4v) is 2.80. The molecule has 27 heavy (non-hydrogen) atoms. The first kappa shape index (κ1) is 18.4. The van der Waals surface area contributed by atoms with Gasteiger partial charge in [-0.05, 0) is 24.6 Å². The molecule has 0 unspecified atom stereocenters. The normalized spacial score (nSPS) is 14.1. The zero-order valence-corrected chi connectivity index (χ0v) is 14.8. The molecule has 10 nitrogen and oxygen atoms in total. The maximum atomic E-state index is 12.3. The van der Waals surface area contributed by atoms with Crippen LogP contribution in [0.5, 0.6) is 0 Å². The average Bonchev–Trinajstić information content (AvgIpc) is 3.10. The molecule has 1 aliphatic heterocycles. The number of aryl methyl sites for hydroxylation is 1. The number of benzene rings is 1. The minimum Gasteiger partial charge on any atom is -0.476 e. The van der Waals surface area contributed by atoms with Crippen molar-refractivity contribution in [1.82, 2.24) is 24.8 Å². The van der Waals surface area contributed by atoms with Crippen molar-refractivity contribution in [1.29, 1.82) is 0 Å². The van der Waals surface area contributed by atoms with E-state index < -0.39 is 5.97 Å². The number of aromatic nitrogens is 3. The number of rotatable bonds is 4. The van der Waals surface area contributed by atoms with Crippen LogP contribution in [0, 0.1) is 6.92 Å². The largest absolute Gasteiger partial charge is 0.476 e. The molecule has 0 aliphatic carbocycles. The molecule has 0 atom stereocenters. The van der Waals surface area contributed by atoms with Gasteiger partial charge in [-0.1, -0.05) is 17.3 Å². The van der Waals surface area contributed by atoms with Crippen molar-refractivity contribution in [3.8, 4) is 0 Å². The van der Waals surface area contributed by atoms with E-state index in [-0.39, 0.29) is 24.2 Å². The van der Waals surface area contributed by atoms with E-state index in [1.54, 1.807) is 9.80 Å². The number of nitrogens with zero attached hydrogens (tertiary/aromatic N) is 5. The van der Waals surface area contributed by atoms with Gasteiger partial charge in [-0.25, -0.2) is 14.3 Å². The molecule has 1 aliphatic rings. The molecule has 0 bridgehead atoms. The first-order valence-electron chi connectivity index (χ1n) is 8.46. The Bertz CT molecular complexity index is 857. The predicted molar refractivity (Wildman–Crippen MR) is 95.3 cm³/mol. The molecule has 1 aromatic carbocycles. The minimum atomic E-state index is -1.19. The Kier molecular flexibility index (Phi) is 5.34. The van der Waals surface area contributed by atoms with Gasteiger partial charge in [0, 0.05) is 31.9 Å². The van der Waals surface area contributed by atoms with Crippen molar-refractivity contribution < 1.29 is 19.5 Å². The number of anilines is 1. The first-order valence-corrected chi connectivity index (χ1v) is 8.46. The number of carboxylic acids is 1. The van der Waals surface area contributed by atoms with Crippen LogP contribution in [0.4, 0.5) is 10.5 Å². The summed E-state index contributed by atoms with van der Waals surface area (Å²) in [6.07, 6.45) is 1.21. The molecule has 3 rings (SSSR count). The molecule has 10 heteroatoms. The van der Waals surface area contributed by atoms with Gasteiger partial charge in [-0.15, -0.1) is 5.10 Å². The third-order valence-corrected chi connectivity index (χ3v) is 4.24. The predicted octanol–water partition coefficient (Wildman–Crippen LogP) is 0.661. The summed E-state index contributed by atoms with van der Waals surface area (Å²) in [6, 6.07) is 7.35. The molecular weight excluding hydrogens is 352 g/mol. The maximum absolute atomic E-state index is 12.3. The monoisotopic (exact) mass is 372 g/mol. The highest BCUT2D eigenvalue weighted by Crippen LogP contribution is 2.12. The van der Waals surface area contributed by atoms with E-state index in [2.05, 4.69) is 15.6 Å². The molecule has 2 heterocycles. The third kappa shape index (κ3) is 4.60. The van der Waals surface area contributed by atoms with Crippen LogP contribution in [0.25, 0.3) is 0 Å². The molecule has 2 aromatic rings. The van der Waals surface area contributed by atoms with Crippen LogP contribution in [0.1, 0.15) is 16.1 Å². The lowest BCUT2D eigenvalue weighted by Gasteiger charge is -2.34. The van der Waals surface area contributed by atoms with E-state index >= 15 is 0 Å². The number of nitrogens with one attached hydrogen (secondary N) is 1. The van der Waals surface area contributed by atoms with E-state index in [1.807, 2.05) is 31.2 Å². The van der Waals surface area contributed by atoms with Crippen molar-refractivity contribution in [2.75, 3.05) is 31.5 Å². The van der Waals surface area contributed by atoms with Crippen LogP contribution >= 0.6 is 0 Å². The van der Waals surface area contributed by atoms with Gasteiger partial charge in [-0.3, -0.25) is 4.79 Å². The summed E-state index contributed by atoms with van der Waals surface area (Å²) in [6.45, 7) is 3.51. The van der Waals surface area contributed by atoms with Crippen LogP contribution in [0.15, 0.2) is 30.5 Å². The van der Waals surface area contributed by atoms with E-state index in [0.29, 0.717) is 26.2 Å². The van der Waals surface area contributed by atoms with Crippen LogP contribution in [0.3, 0.4) is 0 Å². The number of urea groups is 1. The maximum Gasteiger partial charge on any atom is 0.358 e. The summed E-state index contributed by atoms with van der Waals surface area (Å²) in [5.74, 6) is -1.39. The lowest BCUT2D eigenvalue weighted by Crippen LogP contribution is -2.52. The number of hydrogen-bond donors (Lipinski definition) is 2. The lowest BCUT2D eigenvalue weighted by atomic mass is 10.2. The number of aromatic carboxylic acids is 1. The Hall–Kier alpha value is -3.43. The summed E-state index contributed by atoms with van der Waals surface area (Å²) in [4.78, 5) is 38.7. The molecule has 142 valence electrons. The molecule has 1 saturated heterocycles. The Balaban J connectivity index is 1.49. The molecule has 1 fully saturated rings. The van der Waals surface area contributed by atoms with E-state index in [0.717, 1.165) is 11.3 Å². The smallest absolute Gasteiger partial charge is 0.358 e. The Morgan fingerprint density at radius 1 is 1.15 bits per heavy atom. The standard InChI is InChI=1S/C17H20N6O4/c1-12-3-2-4-13(9-12)18-17(27)22-7-5-21(6-8-22)15(24)11-23-10-14(16(25)26)19-20-23/h2-4,9-10H,5-8,11H2,1H3,(H,18,27)(H,25,26). The molecule has 0 spiro atoms. The zero-order chi connectivity index (χ0) is 19.4. The van der Waals surface area contributed by atoms with Gasteiger partial charge >= 0.3 is 12.0 Å². The van der Waals surface area contributed by atoms with Crippen LogP contribution < -0.4 is 5.32 Å². The van der Waals surface area contributed by atoms with Crippen molar-refractivity contribution in [2.45, 2.75) is 13.5 Å². The lowest BCUT2D eigenvalue weighted by molar-refractivity contribution is -0.133. The van der Waals surface area contributed by atoms with Gasteiger partial charge in [0.2, 0.25) is 5.91 Å². The fourth-order valence-electron chi connectivity index (χ4n) is 2.80. The summed E-state index contributed by atoms with van der Waals surface area (Å²) < 4.78 is 1.20. The first-order chi connectivity index (χ1) is 12.9. The average molecular weight is 372 g/mol. The van der Waals surface area contributed by atoms with E-state index in [1.165, 1.54) is 10.9 Å². The van der Waals surface area contributed by atoms with Gasteiger partial charge in [0.1, 0.15) is 6.54 Å². The van der Waals surface area contributed by atoms with Gasteiger partial charge in [0.25, 0.3) is 0 Å². The number of piperazine rings is 1. The van der Waals surface area contributed by atoms with Gasteiger partial charge in [-0.2, -0.15) is 0 Å². The summed E-state index contributed by atoms with van der Waals surface area (Å²) in [7, 11) is 0. The third-order valence-electron chi connectivity index (χ3n) is 4.24. The number of carbonyl (C=O) groups is 3. The van der Waals surface area contributed by atoms with E-state index in [4.69, 9.17) is 5.11 Å². The number of hydrogen-bond acceptors (Lipinski definition) is 5. The molecule has 2 N–H and O–H groups in total.